The van der Waals surface area contributed by atoms with Crippen molar-refractivity contribution in [2.24, 2.45) is 16.5 Å². The quantitative estimate of drug-likeness (QED) is 0.0979. The molecule has 10 nitrogen and oxygen atoms in total. The molecule has 1 atom stereocenters. The zero-order chi connectivity index (χ0) is 26.2. The highest BCUT2D eigenvalue weighted by atomic mass is 35.5. The largest absolute Gasteiger partial charge is 0.480 e. The lowest BCUT2D eigenvalue weighted by atomic mass is 10.1. The highest BCUT2D eigenvalue weighted by Gasteiger charge is 2.34. The molecule has 14 heteroatoms. The Morgan fingerprint density at radius 1 is 1.26 bits per heavy atom. The van der Waals surface area contributed by atoms with Crippen LogP contribution in [0.4, 0.5) is 0 Å². The molecule has 0 radical (unpaired) electrons. The second kappa shape index (κ2) is 13.0. The smallest absolute Gasteiger partial charge is 0.328 e. The van der Waals surface area contributed by atoms with Gasteiger partial charge in [0.15, 0.2) is 15.8 Å². The van der Waals surface area contributed by atoms with Crippen LogP contribution < -0.4 is 16.9 Å². The molecule has 0 aliphatic heterocycles. The molecule has 1 amide bonds. The molecule has 0 saturated carbocycles. The molecule has 2 rings (SSSR count). The van der Waals surface area contributed by atoms with Gasteiger partial charge in [-0.2, -0.15) is 0 Å². The number of carboxylic acid groups (broad SMARTS) is 1. The van der Waals surface area contributed by atoms with Gasteiger partial charge in [-0.3, -0.25) is 14.8 Å². The average molecular weight is 563 g/mol. The maximum Gasteiger partial charge on any atom is 0.328 e. The van der Waals surface area contributed by atoms with E-state index in [4.69, 9.17) is 46.9 Å². The fourth-order valence-electron chi connectivity index (χ4n) is 3.17. The predicted molar refractivity (Wildman–Crippen MR) is 140 cm³/mol. The van der Waals surface area contributed by atoms with E-state index in [9.17, 15) is 23.1 Å². The van der Waals surface area contributed by atoms with Crippen molar-refractivity contribution < 1.29 is 23.1 Å². The highest BCUT2D eigenvalue weighted by molar-refractivity contribution is 7.98. The SMILES string of the molecule is NC(N)=NCCC[C@@H](C(=O)O)N(NCc1ccc(Cl)c(Cl)c1)C(=O)CS(=O)(=O)C1=CC=CCC1=S. The summed E-state index contributed by atoms with van der Waals surface area (Å²) in [5.74, 6) is -3.42. The van der Waals surface area contributed by atoms with Crippen molar-refractivity contribution in [3.8, 4) is 0 Å². The number of halogens is 2. The lowest BCUT2D eigenvalue weighted by Gasteiger charge is -2.30. The molecule has 1 aliphatic carbocycles. The number of benzene rings is 1. The number of rotatable bonds is 12. The van der Waals surface area contributed by atoms with Gasteiger partial charge >= 0.3 is 5.97 Å². The summed E-state index contributed by atoms with van der Waals surface area (Å²) in [4.78, 5) is 29.1. The molecular weight excluding hydrogens is 537 g/mol. The third-order valence-corrected chi connectivity index (χ3v) is 7.78. The molecule has 0 spiro atoms. The minimum absolute atomic E-state index is 0.0236. The number of nitrogens with zero attached hydrogens (tertiary/aromatic N) is 2. The molecule has 190 valence electrons. The van der Waals surface area contributed by atoms with Crippen molar-refractivity contribution in [2.45, 2.75) is 31.8 Å². The van der Waals surface area contributed by atoms with Gasteiger partial charge in [0, 0.05) is 24.4 Å². The van der Waals surface area contributed by atoms with E-state index in [1.807, 2.05) is 0 Å². The normalized spacial score (nSPS) is 14.2. The van der Waals surface area contributed by atoms with Crippen LogP contribution in [-0.4, -0.2) is 59.6 Å². The monoisotopic (exact) mass is 561 g/mol. The van der Waals surface area contributed by atoms with Crippen LogP contribution in [0, 0.1) is 0 Å². The van der Waals surface area contributed by atoms with Gasteiger partial charge in [-0.05, 0) is 36.6 Å². The molecule has 0 bridgehead atoms. The van der Waals surface area contributed by atoms with Crippen LogP contribution in [0.3, 0.4) is 0 Å². The number of nitrogens with one attached hydrogen (secondary N) is 1. The van der Waals surface area contributed by atoms with Crippen LogP contribution >= 0.6 is 35.4 Å². The Hall–Kier alpha value is -2.51. The van der Waals surface area contributed by atoms with Crippen molar-refractivity contribution >= 4 is 68.0 Å². The second-order valence-electron chi connectivity index (χ2n) is 7.50. The van der Waals surface area contributed by atoms with Gasteiger partial charge in [0.05, 0.1) is 15.0 Å². The number of thiocarbonyl (C=S) groups is 1. The van der Waals surface area contributed by atoms with Crippen molar-refractivity contribution in [1.29, 1.82) is 0 Å². The number of hydrogen-bond acceptors (Lipinski definition) is 7. The summed E-state index contributed by atoms with van der Waals surface area (Å²) in [5.41, 5.74) is 13.9. The maximum absolute atomic E-state index is 13.2. The summed E-state index contributed by atoms with van der Waals surface area (Å²) in [6.45, 7) is 0.108. The number of allylic oxidation sites excluding steroid dienone is 4. The Labute approximate surface area is 218 Å². The Morgan fingerprint density at radius 3 is 2.57 bits per heavy atom. The van der Waals surface area contributed by atoms with Crippen LogP contribution in [-0.2, 0) is 26.0 Å². The summed E-state index contributed by atoms with van der Waals surface area (Å²) < 4.78 is 25.8. The minimum Gasteiger partial charge on any atom is -0.480 e. The number of carbonyl (C=O) groups excluding carboxylic acids is 1. The van der Waals surface area contributed by atoms with Gasteiger partial charge in [0.25, 0.3) is 5.91 Å². The highest BCUT2D eigenvalue weighted by Crippen LogP contribution is 2.23. The first-order chi connectivity index (χ1) is 16.4. The van der Waals surface area contributed by atoms with Crippen molar-refractivity contribution in [1.82, 2.24) is 10.4 Å². The van der Waals surface area contributed by atoms with E-state index in [0.29, 0.717) is 10.6 Å². The molecule has 0 heterocycles. The molecule has 35 heavy (non-hydrogen) atoms. The number of hydrogen-bond donors (Lipinski definition) is 4. The zero-order valence-electron chi connectivity index (χ0n) is 18.5. The van der Waals surface area contributed by atoms with E-state index in [1.165, 1.54) is 12.2 Å². The third-order valence-electron chi connectivity index (χ3n) is 4.84. The van der Waals surface area contributed by atoms with E-state index in [2.05, 4.69) is 10.4 Å². The Bertz CT molecular complexity index is 1180. The average Bonchev–Trinajstić information content (AvgIpc) is 2.77. The van der Waals surface area contributed by atoms with Gasteiger partial charge < -0.3 is 16.6 Å². The standard InChI is InChI=1S/C21H25Cl2N5O5S2/c22-14-8-7-13(10-15(14)23)11-27-28(16(20(30)31)4-3-9-26-21(24)25)19(29)12-35(32,33)18-6-2-1-5-17(18)34/h1-2,6-8,10,16,27H,3-5,9,11-12H2,(H,30,31)(H4,24,25,26)/t16-/m0/s1. The number of aliphatic imine (C=N–C) groups is 1. The number of nitrogens with two attached hydrogens (primary N) is 2. The first-order valence-electron chi connectivity index (χ1n) is 10.3. The fourth-order valence-corrected chi connectivity index (χ4v) is 5.37. The van der Waals surface area contributed by atoms with Crippen molar-refractivity contribution in [3.05, 3.63) is 56.9 Å². The topological polar surface area (TPSA) is 168 Å². The first kappa shape index (κ1) is 28.7. The summed E-state index contributed by atoms with van der Waals surface area (Å²) in [7, 11) is -4.12. The molecule has 0 saturated heterocycles. The van der Waals surface area contributed by atoms with Gasteiger partial charge in [-0.1, -0.05) is 53.6 Å². The van der Waals surface area contributed by atoms with Gasteiger partial charge in [0.1, 0.15) is 11.8 Å². The third kappa shape index (κ3) is 8.58. The van der Waals surface area contributed by atoms with Gasteiger partial charge in [0.2, 0.25) is 0 Å². The van der Waals surface area contributed by atoms with E-state index in [-0.39, 0.29) is 53.1 Å². The minimum atomic E-state index is -4.12. The van der Waals surface area contributed by atoms with E-state index < -0.39 is 33.5 Å². The number of sulfone groups is 1. The molecule has 1 aromatic rings. The molecule has 1 aromatic carbocycles. The van der Waals surface area contributed by atoms with Crippen LogP contribution in [0.1, 0.15) is 24.8 Å². The number of hydrazine groups is 1. The fraction of sp³-hybridized carbons (Fsp3) is 0.333. The van der Waals surface area contributed by atoms with Crippen LogP contribution in [0.5, 0.6) is 0 Å². The molecule has 0 unspecified atom stereocenters. The number of carboxylic acids is 1. The van der Waals surface area contributed by atoms with E-state index >= 15 is 0 Å². The van der Waals surface area contributed by atoms with Gasteiger partial charge in [-0.15, -0.1) is 0 Å². The summed E-state index contributed by atoms with van der Waals surface area (Å²) >= 11 is 17.1. The molecule has 1 aliphatic rings. The maximum atomic E-state index is 13.2. The number of carbonyl (C=O) groups is 2. The number of guanidine groups is 1. The first-order valence-corrected chi connectivity index (χ1v) is 13.1. The lowest BCUT2D eigenvalue weighted by Crippen LogP contribution is -2.54. The zero-order valence-corrected chi connectivity index (χ0v) is 21.6. The van der Waals surface area contributed by atoms with E-state index in [1.54, 1.807) is 24.3 Å². The van der Waals surface area contributed by atoms with Crippen molar-refractivity contribution in [2.75, 3.05) is 12.3 Å². The molecule has 0 fully saturated rings. The van der Waals surface area contributed by atoms with Crippen LogP contribution in [0.2, 0.25) is 10.0 Å². The van der Waals surface area contributed by atoms with Gasteiger partial charge in [-0.25, -0.2) is 18.6 Å². The Balaban J connectivity index is 2.29. The second-order valence-corrected chi connectivity index (χ2v) is 10.8. The number of amides is 1. The summed E-state index contributed by atoms with van der Waals surface area (Å²) in [5, 5.41) is 11.2. The predicted octanol–water partition coefficient (Wildman–Crippen LogP) is 1.96. The van der Waals surface area contributed by atoms with Crippen LogP contribution in [0.25, 0.3) is 0 Å². The molecule has 0 aromatic heterocycles. The molecule has 6 N–H and O–H groups in total. The molecular formula is C21H25Cl2N5O5S2. The Kier molecular flexibility index (Phi) is 10.7. The van der Waals surface area contributed by atoms with E-state index in [0.717, 1.165) is 5.01 Å². The lowest BCUT2D eigenvalue weighted by molar-refractivity contribution is -0.152. The summed E-state index contributed by atoms with van der Waals surface area (Å²) in [6, 6.07) is 3.32. The van der Waals surface area contributed by atoms with Crippen molar-refractivity contribution in [3.63, 3.8) is 0 Å². The van der Waals surface area contributed by atoms with Crippen LogP contribution in [0.15, 0.2) is 46.3 Å². The summed E-state index contributed by atoms with van der Waals surface area (Å²) in [6.07, 6.45) is 5.00. The Morgan fingerprint density at radius 2 is 1.97 bits per heavy atom. The number of aliphatic carboxylic acids is 1.